The SMILES string of the molecule is CC(O)CCc1ccc(OCC(=O)N2CCCCC2)cc1. The fourth-order valence-electron chi connectivity index (χ4n) is 2.51. The highest BCUT2D eigenvalue weighted by Crippen LogP contribution is 2.15. The van der Waals surface area contributed by atoms with Crippen molar-refractivity contribution in [2.45, 2.75) is 45.1 Å². The van der Waals surface area contributed by atoms with Crippen LogP contribution in [0.4, 0.5) is 0 Å². The number of aliphatic hydroxyl groups is 1. The van der Waals surface area contributed by atoms with E-state index in [1.807, 2.05) is 29.2 Å². The first-order chi connectivity index (χ1) is 10.1. The van der Waals surface area contributed by atoms with Gasteiger partial charge >= 0.3 is 0 Å². The highest BCUT2D eigenvalue weighted by molar-refractivity contribution is 5.77. The number of aliphatic hydroxyl groups excluding tert-OH is 1. The zero-order valence-electron chi connectivity index (χ0n) is 12.8. The van der Waals surface area contributed by atoms with Gasteiger partial charge in [0.1, 0.15) is 5.75 Å². The highest BCUT2D eigenvalue weighted by atomic mass is 16.5. The first kappa shape index (κ1) is 15.8. The molecule has 1 aromatic rings. The first-order valence-electron chi connectivity index (χ1n) is 7.83. The second-order valence-corrected chi connectivity index (χ2v) is 5.76. The second-order valence-electron chi connectivity index (χ2n) is 5.76. The lowest BCUT2D eigenvalue weighted by atomic mass is 10.1. The fourth-order valence-corrected chi connectivity index (χ4v) is 2.51. The van der Waals surface area contributed by atoms with Crippen LogP contribution in [0.15, 0.2) is 24.3 Å². The molecule has 21 heavy (non-hydrogen) atoms. The maximum absolute atomic E-state index is 12.0. The summed E-state index contributed by atoms with van der Waals surface area (Å²) in [5.41, 5.74) is 1.17. The molecule has 1 amide bonds. The van der Waals surface area contributed by atoms with E-state index in [0.717, 1.165) is 44.5 Å². The zero-order chi connectivity index (χ0) is 15.1. The minimum absolute atomic E-state index is 0.0767. The number of carbonyl (C=O) groups excluding carboxylic acids is 1. The third kappa shape index (κ3) is 5.38. The van der Waals surface area contributed by atoms with Crippen LogP contribution in [0.5, 0.6) is 5.75 Å². The Morgan fingerprint density at radius 2 is 1.90 bits per heavy atom. The van der Waals surface area contributed by atoms with Crippen LogP contribution in [0.1, 0.15) is 38.2 Å². The van der Waals surface area contributed by atoms with Gasteiger partial charge in [-0.1, -0.05) is 12.1 Å². The molecule has 1 N–H and O–H groups in total. The van der Waals surface area contributed by atoms with Crippen molar-refractivity contribution in [3.8, 4) is 5.75 Å². The molecule has 1 heterocycles. The van der Waals surface area contributed by atoms with Crippen molar-refractivity contribution < 1.29 is 14.6 Å². The summed E-state index contributed by atoms with van der Waals surface area (Å²) in [5.74, 6) is 0.800. The summed E-state index contributed by atoms with van der Waals surface area (Å²) >= 11 is 0. The predicted octanol–water partition coefficient (Wildman–Crippen LogP) is 2.39. The van der Waals surface area contributed by atoms with Crippen LogP contribution >= 0.6 is 0 Å². The first-order valence-corrected chi connectivity index (χ1v) is 7.83. The summed E-state index contributed by atoms with van der Waals surface area (Å²) in [6, 6.07) is 7.76. The van der Waals surface area contributed by atoms with E-state index in [1.54, 1.807) is 6.92 Å². The van der Waals surface area contributed by atoms with Crippen molar-refractivity contribution in [3.63, 3.8) is 0 Å². The Kier molecular flexibility index (Phi) is 6.05. The number of ether oxygens (including phenoxy) is 1. The van der Waals surface area contributed by atoms with E-state index < -0.39 is 0 Å². The van der Waals surface area contributed by atoms with Crippen LogP contribution in [0, 0.1) is 0 Å². The molecule has 4 nitrogen and oxygen atoms in total. The second kappa shape index (κ2) is 8.03. The molecule has 0 saturated carbocycles. The van der Waals surface area contributed by atoms with Gasteiger partial charge in [-0.15, -0.1) is 0 Å². The summed E-state index contributed by atoms with van der Waals surface area (Å²) in [4.78, 5) is 13.9. The van der Waals surface area contributed by atoms with E-state index in [0.29, 0.717) is 0 Å². The fraction of sp³-hybridized carbons (Fsp3) is 0.588. The molecular weight excluding hydrogens is 266 g/mol. The van der Waals surface area contributed by atoms with Gasteiger partial charge in [0.2, 0.25) is 0 Å². The van der Waals surface area contributed by atoms with E-state index in [4.69, 9.17) is 4.74 Å². The van der Waals surface area contributed by atoms with Gasteiger partial charge in [-0.3, -0.25) is 4.79 Å². The molecule has 1 saturated heterocycles. The molecule has 0 aliphatic carbocycles. The number of amides is 1. The third-order valence-electron chi connectivity index (χ3n) is 3.85. The standard InChI is InChI=1S/C17H25NO3/c1-14(19)5-6-15-7-9-16(10-8-15)21-13-17(20)18-11-3-2-4-12-18/h7-10,14,19H,2-6,11-13H2,1H3. The normalized spacial score (nSPS) is 16.6. The van der Waals surface area contributed by atoms with Crippen molar-refractivity contribution in [2.24, 2.45) is 0 Å². The molecule has 0 radical (unpaired) electrons. The number of benzene rings is 1. The van der Waals surface area contributed by atoms with Gasteiger partial charge in [-0.05, 0) is 56.7 Å². The highest BCUT2D eigenvalue weighted by Gasteiger charge is 2.16. The predicted molar refractivity (Wildman–Crippen MR) is 82.4 cm³/mol. The van der Waals surface area contributed by atoms with Crippen LogP contribution in [-0.4, -0.2) is 41.7 Å². The van der Waals surface area contributed by atoms with E-state index >= 15 is 0 Å². The Morgan fingerprint density at radius 3 is 2.52 bits per heavy atom. The van der Waals surface area contributed by atoms with Gasteiger partial charge in [-0.25, -0.2) is 0 Å². The average molecular weight is 291 g/mol. The lowest BCUT2D eigenvalue weighted by Gasteiger charge is -2.26. The van der Waals surface area contributed by atoms with Crippen molar-refractivity contribution in [2.75, 3.05) is 19.7 Å². The number of hydrogen-bond acceptors (Lipinski definition) is 3. The summed E-state index contributed by atoms with van der Waals surface area (Å²) in [7, 11) is 0. The van der Waals surface area contributed by atoms with Gasteiger partial charge < -0.3 is 14.7 Å². The van der Waals surface area contributed by atoms with E-state index in [-0.39, 0.29) is 18.6 Å². The Morgan fingerprint density at radius 1 is 1.24 bits per heavy atom. The molecule has 1 aliphatic heterocycles. The molecule has 1 atom stereocenters. The smallest absolute Gasteiger partial charge is 0.260 e. The number of rotatable bonds is 6. The van der Waals surface area contributed by atoms with Crippen LogP contribution in [0.3, 0.4) is 0 Å². The molecule has 1 aromatic carbocycles. The Labute approximate surface area is 126 Å². The Balaban J connectivity index is 1.76. The molecule has 1 unspecified atom stereocenters. The molecular formula is C17H25NO3. The molecule has 0 bridgehead atoms. The van der Waals surface area contributed by atoms with Crippen molar-refractivity contribution >= 4 is 5.91 Å². The minimum Gasteiger partial charge on any atom is -0.484 e. The van der Waals surface area contributed by atoms with Crippen molar-refractivity contribution in [1.82, 2.24) is 4.90 Å². The molecule has 0 spiro atoms. The molecule has 2 rings (SSSR count). The van der Waals surface area contributed by atoms with Crippen LogP contribution in [0.2, 0.25) is 0 Å². The molecule has 116 valence electrons. The quantitative estimate of drug-likeness (QED) is 0.875. The zero-order valence-corrected chi connectivity index (χ0v) is 12.8. The summed E-state index contributed by atoms with van der Waals surface area (Å²) in [6.45, 7) is 3.64. The van der Waals surface area contributed by atoms with Crippen molar-refractivity contribution in [1.29, 1.82) is 0 Å². The number of aryl methyl sites for hydroxylation is 1. The number of carbonyl (C=O) groups is 1. The van der Waals surface area contributed by atoms with Crippen LogP contribution in [-0.2, 0) is 11.2 Å². The Bertz CT molecular complexity index is 436. The Hall–Kier alpha value is -1.55. The van der Waals surface area contributed by atoms with Gasteiger partial charge in [0.25, 0.3) is 5.91 Å². The maximum atomic E-state index is 12.0. The summed E-state index contributed by atoms with van der Waals surface area (Å²) < 4.78 is 5.56. The summed E-state index contributed by atoms with van der Waals surface area (Å²) in [5, 5.41) is 9.27. The topological polar surface area (TPSA) is 49.8 Å². The van der Waals surface area contributed by atoms with Crippen LogP contribution in [0.25, 0.3) is 0 Å². The average Bonchev–Trinajstić information content (AvgIpc) is 2.52. The van der Waals surface area contributed by atoms with Crippen LogP contribution < -0.4 is 4.74 Å². The number of hydrogen-bond donors (Lipinski definition) is 1. The maximum Gasteiger partial charge on any atom is 0.260 e. The summed E-state index contributed by atoms with van der Waals surface area (Å²) in [6.07, 6.45) is 4.76. The molecule has 1 aliphatic rings. The van der Waals surface area contributed by atoms with Gasteiger partial charge in [0, 0.05) is 13.1 Å². The van der Waals surface area contributed by atoms with E-state index in [1.165, 1.54) is 12.0 Å². The molecule has 1 fully saturated rings. The van der Waals surface area contributed by atoms with E-state index in [2.05, 4.69) is 0 Å². The van der Waals surface area contributed by atoms with E-state index in [9.17, 15) is 9.90 Å². The minimum atomic E-state index is -0.275. The number of likely N-dealkylation sites (tertiary alicyclic amines) is 1. The molecule has 0 aromatic heterocycles. The monoisotopic (exact) mass is 291 g/mol. The number of piperidine rings is 1. The largest absolute Gasteiger partial charge is 0.484 e. The van der Waals surface area contributed by atoms with Gasteiger partial charge in [-0.2, -0.15) is 0 Å². The van der Waals surface area contributed by atoms with Gasteiger partial charge in [0.05, 0.1) is 6.10 Å². The number of nitrogens with zero attached hydrogens (tertiary/aromatic N) is 1. The lowest BCUT2D eigenvalue weighted by molar-refractivity contribution is -0.134. The van der Waals surface area contributed by atoms with Gasteiger partial charge in [0.15, 0.2) is 6.61 Å². The lowest BCUT2D eigenvalue weighted by Crippen LogP contribution is -2.38. The third-order valence-corrected chi connectivity index (χ3v) is 3.85. The van der Waals surface area contributed by atoms with Crippen molar-refractivity contribution in [3.05, 3.63) is 29.8 Å². The molecule has 4 heteroatoms.